The van der Waals surface area contributed by atoms with Gasteiger partial charge in [0.2, 0.25) is 0 Å². The summed E-state index contributed by atoms with van der Waals surface area (Å²) < 4.78 is 11.3. The summed E-state index contributed by atoms with van der Waals surface area (Å²) in [5.41, 5.74) is 27.7. The van der Waals surface area contributed by atoms with Crippen molar-refractivity contribution in [3.05, 3.63) is 320 Å². The van der Waals surface area contributed by atoms with E-state index in [-0.39, 0.29) is 51.8 Å². The summed E-state index contributed by atoms with van der Waals surface area (Å²) in [7, 11) is 8.63. The normalized spacial score (nSPS) is 18.5. The zero-order valence-electron chi connectivity index (χ0n) is 67.6. The maximum absolute atomic E-state index is 10.0. The number of furan rings is 1. The third kappa shape index (κ3) is 13.9. The van der Waals surface area contributed by atoms with E-state index in [0.29, 0.717) is 36.3 Å². The molecule has 3 atom stereocenters. The number of anilines is 8. The Hall–Kier alpha value is -11.4. The molecular weight excluding hydrogens is 1850 g/mol. The van der Waals surface area contributed by atoms with Gasteiger partial charge in [-0.2, -0.15) is 41.4 Å². The van der Waals surface area contributed by atoms with Crippen molar-refractivity contribution in [1.82, 2.24) is 24.2 Å². The number of carbonyl (C=O) groups excluding carboxylic acids is 1. The number of hydrogen-bond donors (Lipinski definition) is 1. The first kappa shape index (κ1) is 78.8. The van der Waals surface area contributed by atoms with E-state index in [1.807, 2.05) is 102 Å². The molecule has 15 nitrogen and oxygen atoms in total. The molecule has 2 fully saturated rings. The van der Waals surface area contributed by atoms with E-state index >= 15 is 0 Å². The number of para-hydroxylation sites is 7. The van der Waals surface area contributed by atoms with E-state index in [0.717, 1.165) is 51.3 Å². The first-order valence-corrected chi connectivity index (χ1v) is 42.3. The molecule has 2 aliphatic carbocycles. The van der Waals surface area contributed by atoms with Gasteiger partial charge in [0.15, 0.2) is 17.1 Å². The monoisotopic (exact) mass is 1940 g/mol. The van der Waals surface area contributed by atoms with Crippen LogP contribution in [0.3, 0.4) is 0 Å². The van der Waals surface area contributed by atoms with Crippen LogP contribution in [0.1, 0.15) is 124 Å². The van der Waals surface area contributed by atoms with Gasteiger partial charge in [0.25, 0.3) is 5.65 Å². The van der Waals surface area contributed by atoms with Gasteiger partial charge in [0.05, 0.1) is 45.5 Å². The predicted molar refractivity (Wildman–Crippen MR) is 478 cm³/mol. The topological polar surface area (TPSA) is 110 Å². The molecule has 2 saturated carbocycles. The van der Waals surface area contributed by atoms with Gasteiger partial charge in [0, 0.05) is 136 Å². The molecule has 25 rings (SSSR count). The van der Waals surface area contributed by atoms with Crippen molar-refractivity contribution in [2.24, 2.45) is 0 Å². The maximum atomic E-state index is 10.0. The number of benzene rings is 10. The van der Waals surface area contributed by atoms with Crippen molar-refractivity contribution < 1.29 is 59.1 Å². The van der Waals surface area contributed by atoms with Gasteiger partial charge in [-0.3, -0.25) is 9.78 Å². The fourth-order valence-corrected chi connectivity index (χ4v) is 21.2. The minimum absolute atomic E-state index is 0. The number of nitrogens with zero attached hydrogens (tertiary/aromatic N) is 12. The molecule has 13 heterocycles. The van der Waals surface area contributed by atoms with Crippen LogP contribution in [-0.4, -0.2) is 81.7 Å². The Kier molecular flexibility index (Phi) is 21.9. The number of allylic oxidation sites excluding steroid dienone is 2. The molecular formula is C101H94Ir2N12O3S-2. The van der Waals surface area contributed by atoms with Crippen molar-refractivity contribution in [1.29, 1.82) is 0 Å². The first-order chi connectivity index (χ1) is 57.4. The van der Waals surface area contributed by atoms with E-state index < -0.39 is 0 Å². The van der Waals surface area contributed by atoms with Crippen LogP contribution in [0.25, 0.3) is 82.0 Å². The number of aromatic nitrogens is 4. The van der Waals surface area contributed by atoms with Gasteiger partial charge in [-0.25, -0.2) is 9.55 Å². The zero-order valence-corrected chi connectivity index (χ0v) is 73.2. The van der Waals surface area contributed by atoms with Crippen molar-refractivity contribution in [2.75, 3.05) is 57.6 Å². The minimum Gasteiger partial charge on any atom is -0.512 e. The van der Waals surface area contributed by atoms with Crippen LogP contribution < -0.4 is 34.0 Å². The number of pyridine rings is 1. The molecule has 0 amide bonds. The molecule has 15 aromatic rings. The number of aliphatic hydroxyl groups is 1. The summed E-state index contributed by atoms with van der Waals surface area (Å²) in [6.45, 7) is 5.84. The quantitative estimate of drug-likeness (QED) is 0.0561. The molecule has 3 unspecified atom stereocenters. The Morgan fingerprint density at radius 2 is 1.19 bits per heavy atom. The predicted octanol–water partition coefficient (Wildman–Crippen LogP) is 23.0. The van der Waals surface area contributed by atoms with Crippen LogP contribution in [0.2, 0.25) is 0 Å². The molecule has 1 N–H and O–H groups in total. The summed E-state index contributed by atoms with van der Waals surface area (Å²) >= 11 is 1.63. The maximum Gasteiger partial charge on any atom is 0.295 e. The van der Waals surface area contributed by atoms with Crippen LogP contribution in [-0.2, 0) is 58.0 Å². The standard InChI is InChI=1S/C34H35N2.C23H20N4.C17H14N2O.C12H7N2S.C10H10N2.C5H8O2.2Ir/c1-3-11-23(12-4-1)26-17-10-18-27(24-13-5-2-6-14-24)33(26)31-22-35-21-25-15-9-19-29-28-16-7-8-20-30(28)36(31)34(35)32(25)29;1-24-14-8-3-5-10-16(14)26-18-12-7-13-19-20(18)21(22(24)26)23-25(2)15-9-4-6-11-17(15)27(19)23;1-18-8-9-19-15(18)10-11-6-7-13-12-4-2-3-5-14(12)20-17(13)16(11)19;1-2-4-9(5-3-1)11-10-6-7-15-12(10)14-8-13-11;1-11-7-8-12(9-11)10-5-3-2-4-6-10;1-4(6)3-5(2)7;;/h7-10,15-20,22-24H,1-6,11-14,21H2;3-13,21-23H,1-2H3;2-9,15H,10H2,1H3;1-4,6-8H;2-5,7-9H,1H3;3,6H,1-2H3;;/q+1;;;-1;-2;;;. The number of thiophene rings is 1. The van der Waals surface area contributed by atoms with E-state index in [4.69, 9.17) is 9.52 Å². The number of ketones is 1. The average molecular weight is 1940 g/mol. The molecule has 0 spiro atoms. The average Bonchev–Trinajstić information content (AvgIpc) is 1.51. The largest absolute Gasteiger partial charge is 0.512 e. The van der Waals surface area contributed by atoms with Gasteiger partial charge in [-0.1, -0.05) is 154 Å². The number of carbonyl (C=O) groups is 1. The first-order valence-electron chi connectivity index (χ1n) is 41.4. The number of imidazole rings is 1. The Morgan fingerprint density at radius 3 is 1.83 bits per heavy atom. The van der Waals surface area contributed by atoms with Crippen molar-refractivity contribution >= 4 is 122 Å². The summed E-state index contributed by atoms with van der Waals surface area (Å²) in [4.78, 5) is 38.3. The second-order valence-electron chi connectivity index (χ2n) is 32.5. The van der Waals surface area contributed by atoms with Gasteiger partial charge >= 0.3 is 0 Å². The van der Waals surface area contributed by atoms with E-state index in [9.17, 15) is 4.79 Å². The van der Waals surface area contributed by atoms with Crippen LogP contribution in [0.4, 0.5) is 45.5 Å². The molecule has 10 aliphatic rings. The Balaban J connectivity index is 0.000000104. The number of fused-ring (bicyclic) bond motifs is 21. The van der Waals surface area contributed by atoms with Crippen LogP contribution in [0, 0.1) is 18.8 Å². The van der Waals surface area contributed by atoms with E-state index in [1.165, 1.54) is 184 Å². The number of hydrogen-bond acceptors (Lipinski definition) is 14. The second-order valence-corrected chi connectivity index (χ2v) is 33.4. The molecule has 602 valence electrons. The molecule has 0 saturated heterocycles. The minimum atomic E-state index is -0.125. The number of rotatable bonds is 6. The second kappa shape index (κ2) is 33.1. The summed E-state index contributed by atoms with van der Waals surface area (Å²) in [6, 6.07) is 84.7. The third-order valence-electron chi connectivity index (χ3n) is 25.4. The SMILES string of the molecule is CC(=O)C=C(C)O.CN1C=CN(c2[c-]cccc2)[CH-]1.CN1C=CN2c3c(ccc4c3oc3ccccc34)CC12.CN1c2ccccc2N2c3cccc4c3C(C12)C1N(C)c2ccccc2N41.[Ir].[Ir].[c-]1ccccc1-c1ncnc2sccc12.c1cc(C2CCCCC2)c(-c2c[n+]3c4c5c(cccc5c5ccccc5n24)C3)c(C2CCCCC2)c1. The van der Waals surface area contributed by atoms with E-state index in [2.05, 4.69) is 258 Å². The van der Waals surface area contributed by atoms with Crippen LogP contribution >= 0.6 is 11.3 Å². The molecule has 5 aromatic heterocycles. The fourth-order valence-electron chi connectivity index (χ4n) is 20.4. The van der Waals surface area contributed by atoms with Crippen LogP contribution in [0.15, 0.2) is 277 Å². The summed E-state index contributed by atoms with van der Waals surface area (Å²) in [5.74, 6) is 1.75. The number of aliphatic hydroxyl groups excluding tert-OH is 1. The molecule has 18 heteroatoms. The van der Waals surface area contributed by atoms with E-state index in [1.54, 1.807) is 34.4 Å². The Morgan fingerprint density at radius 1 is 0.580 bits per heavy atom. The van der Waals surface area contributed by atoms with Gasteiger partial charge in [-0.05, 0) is 159 Å². The fraction of sp³-hybridized carbons (Fsp3) is 0.238. The van der Waals surface area contributed by atoms with Gasteiger partial charge in [-0.15, -0.1) is 52.9 Å². The summed E-state index contributed by atoms with van der Waals surface area (Å²) in [6.07, 6.45) is 29.4. The van der Waals surface area contributed by atoms with Crippen molar-refractivity contribution in [3.8, 4) is 22.5 Å². The van der Waals surface area contributed by atoms with Crippen LogP contribution in [0.5, 0.6) is 0 Å². The zero-order chi connectivity index (χ0) is 79.1. The third-order valence-corrected chi connectivity index (χ3v) is 26.3. The Labute approximate surface area is 726 Å². The van der Waals surface area contributed by atoms with Gasteiger partial charge in [0.1, 0.15) is 53.5 Å². The van der Waals surface area contributed by atoms with Crippen molar-refractivity contribution in [3.63, 3.8) is 0 Å². The molecule has 0 bridgehead atoms. The molecule has 119 heavy (non-hydrogen) atoms. The van der Waals surface area contributed by atoms with Crippen molar-refractivity contribution in [2.45, 2.75) is 127 Å². The molecule has 2 radical (unpaired) electrons. The molecule has 8 aliphatic heterocycles. The Bertz CT molecular complexity index is 6300. The smallest absolute Gasteiger partial charge is 0.295 e. The van der Waals surface area contributed by atoms with Gasteiger partial charge < -0.3 is 48.7 Å². The number of likely N-dealkylation sites (N-methyl/N-ethyl adjacent to an activating group) is 3. The molecule has 10 aromatic carbocycles. The summed E-state index contributed by atoms with van der Waals surface area (Å²) in [5, 5.41) is 18.1.